The van der Waals surface area contributed by atoms with E-state index < -0.39 is 0 Å². The minimum Gasteiger partial charge on any atom is -0.493 e. The van der Waals surface area contributed by atoms with Gasteiger partial charge in [-0.15, -0.1) is 0 Å². The van der Waals surface area contributed by atoms with Crippen molar-refractivity contribution in [3.05, 3.63) is 52.5 Å². The van der Waals surface area contributed by atoms with Gasteiger partial charge in [0.2, 0.25) is 0 Å². The molecule has 0 fully saturated rings. The molecular weight excluding hydrogens is 391 g/mol. The molecule has 0 saturated carbocycles. The normalized spacial score (nSPS) is 11.7. The maximum Gasteiger partial charge on any atom is 0.309 e. The first kappa shape index (κ1) is 21.4. The fourth-order valence-corrected chi connectivity index (χ4v) is 2.52. The molecule has 2 aromatic carbocycles. The molecule has 0 aliphatic heterocycles. The van der Waals surface area contributed by atoms with Crippen LogP contribution in [0.3, 0.4) is 0 Å². The predicted octanol–water partition coefficient (Wildman–Crippen LogP) is 5.52. The van der Waals surface area contributed by atoms with Crippen LogP contribution in [0.15, 0.2) is 42.5 Å². The van der Waals surface area contributed by atoms with Crippen molar-refractivity contribution in [2.24, 2.45) is 0 Å². The summed E-state index contributed by atoms with van der Waals surface area (Å²) in [5.41, 5.74) is 0. The lowest BCUT2D eigenvalue weighted by atomic mass is 10.3. The molecule has 1 unspecified atom stereocenters. The van der Waals surface area contributed by atoms with Crippen molar-refractivity contribution >= 4 is 29.2 Å². The Morgan fingerprint density at radius 1 is 1.04 bits per heavy atom. The summed E-state index contributed by atoms with van der Waals surface area (Å²) in [6.07, 6.45) is 0.917. The number of methoxy groups -OCH3 is 1. The first-order valence-electron chi connectivity index (χ1n) is 8.52. The second-order valence-corrected chi connectivity index (χ2v) is 6.65. The molecule has 2 aromatic rings. The van der Waals surface area contributed by atoms with E-state index in [9.17, 15) is 4.79 Å². The fourth-order valence-electron chi connectivity index (χ4n) is 2.07. The van der Waals surface area contributed by atoms with Crippen LogP contribution in [-0.4, -0.2) is 32.4 Å². The van der Waals surface area contributed by atoms with Crippen LogP contribution in [0.5, 0.6) is 17.2 Å². The van der Waals surface area contributed by atoms with Crippen LogP contribution >= 0.6 is 23.2 Å². The number of halogens is 2. The smallest absolute Gasteiger partial charge is 0.309 e. The van der Waals surface area contributed by atoms with Gasteiger partial charge in [0.1, 0.15) is 17.2 Å². The summed E-state index contributed by atoms with van der Waals surface area (Å²) in [5, 5.41) is 0.976. The van der Waals surface area contributed by atoms with Gasteiger partial charge in [-0.25, -0.2) is 0 Å². The Morgan fingerprint density at radius 3 is 2.41 bits per heavy atom. The maximum atomic E-state index is 11.6. The second-order valence-electron chi connectivity index (χ2n) is 5.80. The average Bonchev–Trinajstić information content (AvgIpc) is 2.65. The lowest BCUT2D eigenvalue weighted by Gasteiger charge is -2.11. The van der Waals surface area contributed by atoms with Crippen LogP contribution in [-0.2, 0) is 14.3 Å². The molecule has 0 radical (unpaired) electrons. The van der Waals surface area contributed by atoms with Gasteiger partial charge < -0.3 is 18.9 Å². The van der Waals surface area contributed by atoms with E-state index in [1.807, 2.05) is 6.92 Å². The van der Waals surface area contributed by atoms with E-state index in [0.29, 0.717) is 40.3 Å². The number of ether oxygens (including phenoxy) is 4. The molecule has 146 valence electrons. The molecule has 0 bridgehead atoms. The lowest BCUT2D eigenvalue weighted by molar-refractivity contribution is -0.144. The van der Waals surface area contributed by atoms with E-state index in [0.717, 1.165) is 0 Å². The van der Waals surface area contributed by atoms with Gasteiger partial charge in [0.15, 0.2) is 0 Å². The molecule has 1 atom stereocenters. The Morgan fingerprint density at radius 2 is 1.74 bits per heavy atom. The van der Waals surface area contributed by atoms with Crippen LogP contribution in [0.4, 0.5) is 0 Å². The summed E-state index contributed by atoms with van der Waals surface area (Å²) in [6.45, 7) is 2.50. The lowest BCUT2D eigenvalue weighted by Crippen LogP contribution is -2.14. The molecule has 2 rings (SSSR count). The Balaban J connectivity index is 1.73. The van der Waals surface area contributed by atoms with E-state index in [1.165, 1.54) is 0 Å². The zero-order chi connectivity index (χ0) is 19.6. The molecule has 5 nitrogen and oxygen atoms in total. The van der Waals surface area contributed by atoms with E-state index in [-0.39, 0.29) is 25.1 Å². The van der Waals surface area contributed by atoms with E-state index >= 15 is 0 Å². The van der Waals surface area contributed by atoms with Crippen LogP contribution in [0, 0.1) is 0 Å². The van der Waals surface area contributed by atoms with Crippen molar-refractivity contribution in [3.8, 4) is 17.2 Å². The third kappa shape index (κ3) is 7.67. The highest BCUT2D eigenvalue weighted by Gasteiger charge is 2.07. The molecule has 0 aliphatic carbocycles. The molecular formula is C20H22Cl2O5. The van der Waals surface area contributed by atoms with Crippen molar-refractivity contribution < 1.29 is 23.7 Å². The van der Waals surface area contributed by atoms with Crippen molar-refractivity contribution in [2.45, 2.75) is 25.9 Å². The molecule has 0 heterocycles. The highest BCUT2D eigenvalue weighted by Crippen LogP contribution is 2.32. The molecule has 0 aliphatic rings. The van der Waals surface area contributed by atoms with Gasteiger partial charge in [-0.3, -0.25) is 4.79 Å². The highest BCUT2D eigenvalue weighted by atomic mass is 35.5. The second kappa shape index (κ2) is 11.0. The van der Waals surface area contributed by atoms with Gasteiger partial charge in [-0.1, -0.05) is 23.2 Å². The van der Waals surface area contributed by atoms with Gasteiger partial charge in [-0.2, -0.15) is 0 Å². The summed E-state index contributed by atoms with van der Waals surface area (Å²) in [6, 6.07) is 12.0. The molecule has 0 N–H and O–H groups in total. The molecule has 0 saturated heterocycles. The van der Waals surface area contributed by atoms with Crippen molar-refractivity contribution in [1.29, 1.82) is 0 Å². The Labute approximate surface area is 169 Å². The predicted molar refractivity (Wildman–Crippen MR) is 105 cm³/mol. The third-order valence-electron chi connectivity index (χ3n) is 3.71. The van der Waals surface area contributed by atoms with Crippen LogP contribution in [0.25, 0.3) is 0 Å². The van der Waals surface area contributed by atoms with Crippen molar-refractivity contribution in [3.63, 3.8) is 0 Å². The van der Waals surface area contributed by atoms with Gasteiger partial charge in [0.05, 0.1) is 30.8 Å². The fraction of sp³-hybridized carbons (Fsp3) is 0.350. The zero-order valence-corrected chi connectivity index (χ0v) is 16.8. The summed E-state index contributed by atoms with van der Waals surface area (Å²) in [5.74, 6) is 1.46. The zero-order valence-electron chi connectivity index (χ0n) is 15.2. The molecule has 0 amide bonds. The monoisotopic (exact) mass is 412 g/mol. The maximum absolute atomic E-state index is 11.6. The van der Waals surface area contributed by atoms with E-state index in [1.54, 1.807) is 49.6 Å². The topological polar surface area (TPSA) is 54.0 Å². The van der Waals surface area contributed by atoms with Gasteiger partial charge in [-0.05, 0) is 49.4 Å². The largest absolute Gasteiger partial charge is 0.493 e. The molecule has 0 spiro atoms. The minimum atomic E-state index is -0.296. The van der Waals surface area contributed by atoms with Crippen LogP contribution < -0.4 is 9.47 Å². The van der Waals surface area contributed by atoms with Gasteiger partial charge in [0.25, 0.3) is 0 Å². The number of hydrogen-bond donors (Lipinski definition) is 0. The Hall–Kier alpha value is -1.95. The molecule has 7 heteroatoms. The first-order chi connectivity index (χ1) is 13.0. The summed E-state index contributed by atoms with van der Waals surface area (Å²) >= 11 is 12.0. The van der Waals surface area contributed by atoms with Crippen LogP contribution in [0.1, 0.15) is 19.8 Å². The standard InChI is InChI=1S/C20H22Cl2O5/c1-14(24-2)9-11-26-20(23)10-12-25-16-4-6-17(7-5-16)27-19-8-3-15(21)13-18(19)22/h3-8,13-14H,9-12H2,1-2H3. The quantitative estimate of drug-likeness (QED) is 0.480. The first-order valence-corrected chi connectivity index (χ1v) is 9.27. The van der Waals surface area contributed by atoms with Crippen LogP contribution in [0.2, 0.25) is 10.0 Å². The Kier molecular flexibility index (Phi) is 8.72. The van der Waals surface area contributed by atoms with Gasteiger partial charge in [0, 0.05) is 18.6 Å². The third-order valence-corrected chi connectivity index (χ3v) is 4.24. The summed E-state index contributed by atoms with van der Waals surface area (Å²) < 4.78 is 21.5. The number of hydrogen-bond acceptors (Lipinski definition) is 5. The molecule has 0 aromatic heterocycles. The number of carbonyl (C=O) groups is 1. The number of esters is 1. The summed E-state index contributed by atoms with van der Waals surface area (Å²) in [7, 11) is 1.63. The van der Waals surface area contributed by atoms with E-state index in [4.69, 9.17) is 42.1 Å². The SMILES string of the molecule is COC(C)CCOC(=O)CCOc1ccc(Oc2ccc(Cl)cc2Cl)cc1. The van der Waals surface area contributed by atoms with E-state index in [2.05, 4.69) is 0 Å². The number of rotatable bonds is 10. The van der Waals surface area contributed by atoms with Crippen molar-refractivity contribution in [2.75, 3.05) is 20.3 Å². The number of benzene rings is 2. The minimum absolute atomic E-state index is 0.0672. The number of carbonyl (C=O) groups excluding carboxylic acids is 1. The molecule has 27 heavy (non-hydrogen) atoms. The Bertz CT molecular complexity index is 734. The average molecular weight is 413 g/mol. The highest BCUT2D eigenvalue weighted by molar-refractivity contribution is 6.35. The van der Waals surface area contributed by atoms with Crippen molar-refractivity contribution in [1.82, 2.24) is 0 Å². The van der Waals surface area contributed by atoms with Gasteiger partial charge >= 0.3 is 5.97 Å². The summed E-state index contributed by atoms with van der Waals surface area (Å²) in [4.78, 5) is 11.6.